The van der Waals surface area contributed by atoms with Crippen LogP contribution in [0.2, 0.25) is 0 Å². The normalized spacial score (nSPS) is 23.9. The van der Waals surface area contributed by atoms with Crippen molar-refractivity contribution in [1.82, 2.24) is 21.3 Å². The summed E-state index contributed by atoms with van der Waals surface area (Å²) in [6.07, 6.45) is -5.92. The van der Waals surface area contributed by atoms with Gasteiger partial charge >= 0.3 is 23.9 Å². The molecule has 6 N–H and O–H groups in total. The number of amides is 4. The highest BCUT2D eigenvalue weighted by Gasteiger charge is 2.51. The van der Waals surface area contributed by atoms with Crippen LogP contribution < -0.4 is 27.0 Å². The second kappa shape index (κ2) is 31.7. The van der Waals surface area contributed by atoms with Crippen molar-refractivity contribution in [2.45, 2.75) is 117 Å². The Bertz CT molecular complexity index is 1910. The summed E-state index contributed by atoms with van der Waals surface area (Å²) < 4.78 is 67.5. The molecule has 0 aromatic heterocycles. The fourth-order valence-electron chi connectivity index (χ4n) is 7.56. The molecule has 1 aromatic rings. The molecule has 0 aliphatic carbocycles. The highest BCUT2D eigenvalue weighted by molar-refractivity contribution is 6.01. The summed E-state index contributed by atoms with van der Waals surface area (Å²) in [4.78, 5) is 97.1. The number of hydrogen-bond acceptors (Lipinski definition) is 21. The first kappa shape index (κ1) is 59.8. The van der Waals surface area contributed by atoms with E-state index in [2.05, 4.69) is 21.3 Å². The first-order valence-corrected chi connectivity index (χ1v) is 23.3. The zero-order valence-electron chi connectivity index (χ0n) is 41.6. The molecule has 0 spiro atoms. The van der Waals surface area contributed by atoms with Crippen molar-refractivity contribution in [2.24, 2.45) is 5.92 Å². The number of anilines is 1. The highest BCUT2D eigenvalue weighted by atomic mass is 16.7. The van der Waals surface area contributed by atoms with Crippen LogP contribution in [0.15, 0.2) is 18.2 Å². The fraction of sp³-hybridized carbons (Fsp3) is 0.696. The first-order valence-electron chi connectivity index (χ1n) is 23.3. The molecule has 0 saturated carbocycles. The molecule has 2 aliphatic heterocycles. The van der Waals surface area contributed by atoms with Gasteiger partial charge in [-0.2, -0.15) is 0 Å². The molecule has 2 saturated heterocycles. The second-order valence-corrected chi connectivity index (χ2v) is 16.4. The van der Waals surface area contributed by atoms with Crippen molar-refractivity contribution in [3.63, 3.8) is 0 Å². The van der Waals surface area contributed by atoms with Crippen molar-refractivity contribution in [1.29, 1.82) is 0 Å². The number of rotatable bonds is 30. The predicted octanol–water partition coefficient (Wildman–Crippen LogP) is -0.308. The molecule has 25 heteroatoms. The maximum atomic E-state index is 12.9. The molecule has 2 heterocycles. The molecule has 4 amide bonds. The second-order valence-electron chi connectivity index (χ2n) is 16.4. The first-order chi connectivity index (χ1) is 33.8. The Kier molecular flexibility index (Phi) is 26.7. The van der Waals surface area contributed by atoms with E-state index in [0.29, 0.717) is 6.42 Å². The molecule has 71 heavy (non-hydrogen) atoms. The number of carbonyl (C=O) groups excluding carboxylic acids is 8. The Hall–Kier alpha value is -5.54. The van der Waals surface area contributed by atoms with Crippen molar-refractivity contribution < 1.29 is 95.2 Å². The van der Waals surface area contributed by atoms with Gasteiger partial charge in [0.1, 0.15) is 30.9 Å². The number of nitrogen functional groups attached to an aromatic ring is 1. The molecular weight excluding hydrogens is 943 g/mol. The Morgan fingerprint density at radius 2 is 0.944 bits per heavy atom. The number of benzene rings is 1. The van der Waals surface area contributed by atoms with E-state index in [9.17, 15) is 38.4 Å². The minimum atomic E-state index is -1.26. The van der Waals surface area contributed by atoms with Crippen LogP contribution in [-0.2, 0) is 85.6 Å². The van der Waals surface area contributed by atoms with E-state index in [0.717, 1.165) is 13.8 Å². The van der Waals surface area contributed by atoms with Crippen LogP contribution in [0.1, 0.15) is 82.5 Å². The molecule has 0 radical (unpaired) electrons. The van der Waals surface area contributed by atoms with Gasteiger partial charge in [0, 0.05) is 77.4 Å². The summed E-state index contributed by atoms with van der Waals surface area (Å²) in [5.41, 5.74) is 6.56. The number of nitrogens with two attached hydrogens (primary N) is 1. The maximum Gasteiger partial charge on any atom is 0.303 e. The largest absolute Gasteiger partial charge is 0.463 e. The minimum Gasteiger partial charge on any atom is -0.463 e. The average Bonchev–Trinajstić information content (AvgIpc) is 3.29. The summed E-state index contributed by atoms with van der Waals surface area (Å²) in [6.45, 7) is 12.5. The van der Waals surface area contributed by atoms with E-state index in [4.69, 9.17) is 62.6 Å². The van der Waals surface area contributed by atoms with Crippen LogP contribution in [0.25, 0.3) is 0 Å². The van der Waals surface area contributed by atoms with Gasteiger partial charge in [-0.3, -0.25) is 38.4 Å². The smallest absolute Gasteiger partial charge is 0.303 e. The fourth-order valence-corrected chi connectivity index (χ4v) is 7.56. The van der Waals surface area contributed by atoms with Gasteiger partial charge in [0.05, 0.1) is 72.2 Å². The van der Waals surface area contributed by atoms with Gasteiger partial charge in [-0.05, 0) is 24.6 Å². The number of hydrogen-bond donors (Lipinski definition) is 5. The van der Waals surface area contributed by atoms with Gasteiger partial charge in [-0.15, -0.1) is 0 Å². The van der Waals surface area contributed by atoms with E-state index in [-0.39, 0.29) is 121 Å². The molecule has 1 aromatic carbocycles. The average molecular weight is 1010 g/mol. The van der Waals surface area contributed by atoms with E-state index in [1.807, 2.05) is 13.8 Å². The van der Waals surface area contributed by atoms with Gasteiger partial charge in [0.25, 0.3) is 11.8 Å². The van der Waals surface area contributed by atoms with E-state index in [1.165, 1.54) is 45.9 Å². The van der Waals surface area contributed by atoms with Gasteiger partial charge < -0.3 is 83.8 Å². The SMILES string of the molecule is CC[C@H]1OC(OCCOCCOCCNC(=O)c2cc(N)cc(C(=O)NCCOCCOCCOC3O[C@H](COC(C)=O)[C@H](OC(C)=O)[C@H](OC(C)=O)[C@H]3NC(C)=O)c2)[C@H](NC(C)=O)[C@@H](OC(C)=O)[C@H]1C. The van der Waals surface area contributed by atoms with Crippen LogP contribution in [0.5, 0.6) is 0 Å². The standard InChI is InChI=1S/C46H71N5O20/c1-9-36-26(2)40(67-30(6)55)38(50-27(3)52)45(70-36)64-20-18-62-16-14-60-12-10-48-43(58)33-22-34(24-35(47)23-33)44(59)49-11-13-61-15-17-63-19-21-65-46-39(51-28(4)53)42(69-32(8)57)41(68-31(7)56)37(71-46)25-66-29(5)54/h22-24,26,36-42,45-46H,9-21,25,47H2,1-8H3,(H,48,58)(H,49,59)(H,50,52)(H,51,53)/t26-,36+,37+,38+,39+,40-,41-,42+,45?,46?/m0/s1. The van der Waals surface area contributed by atoms with Crippen molar-refractivity contribution in [2.75, 3.05) is 91.5 Å². The number of ether oxygens (including phenoxy) is 12. The quantitative estimate of drug-likeness (QED) is 0.0286. The zero-order valence-corrected chi connectivity index (χ0v) is 41.6. The number of nitrogens with one attached hydrogen (secondary N) is 4. The third-order valence-electron chi connectivity index (χ3n) is 10.5. The Morgan fingerprint density at radius 1 is 0.535 bits per heavy atom. The third kappa shape index (κ3) is 21.8. The molecule has 2 aliphatic rings. The lowest BCUT2D eigenvalue weighted by molar-refractivity contribution is -0.279. The molecule has 0 bridgehead atoms. The lowest BCUT2D eigenvalue weighted by Crippen LogP contribution is -2.66. The zero-order chi connectivity index (χ0) is 52.5. The Labute approximate surface area is 412 Å². The molecule has 3 rings (SSSR count). The van der Waals surface area contributed by atoms with Crippen molar-refractivity contribution in [3.05, 3.63) is 29.3 Å². The van der Waals surface area contributed by atoms with Crippen LogP contribution in [-0.4, -0.2) is 188 Å². The van der Waals surface area contributed by atoms with Gasteiger partial charge in [-0.1, -0.05) is 13.8 Å². The third-order valence-corrected chi connectivity index (χ3v) is 10.5. The summed E-state index contributed by atoms with van der Waals surface area (Å²) in [7, 11) is 0. The topological polar surface area (TPSA) is 321 Å². The molecule has 25 nitrogen and oxygen atoms in total. The monoisotopic (exact) mass is 1010 g/mol. The van der Waals surface area contributed by atoms with Crippen LogP contribution in [0, 0.1) is 5.92 Å². The van der Waals surface area contributed by atoms with Crippen molar-refractivity contribution in [3.8, 4) is 0 Å². The number of esters is 4. The van der Waals surface area contributed by atoms with E-state index < -0.39 is 90.7 Å². The minimum absolute atomic E-state index is 0.0433. The van der Waals surface area contributed by atoms with Crippen LogP contribution >= 0.6 is 0 Å². The molecule has 2 fully saturated rings. The Morgan fingerprint density at radius 3 is 1.38 bits per heavy atom. The lowest BCUT2D eigenvalue weighted by atomic mass is 9.87. The lowest BCUT2D eigenvalue weighted by Gasteiger charge is -2.44. The van der Waals surface area contributed by atoms with E-state index in [1.54, 1.807) is 0 Å². The summed E-state index contributed by atoms with van der Waals surface area (Å²) in [5, 5.41) is 10.8. The number of carbonyl (C=O) groups is 8. The molecule has 400 valence electrons. The van der Waals surface area contributed by atoms with Gasteiger partial charge in [0.2, 0.25) is 11.8 Å². The highest BCUT2D eigenvalue weighted by Crippen LogP contribution is 2.31. The predicted molar refractivity (Wildman–Crippen MR) is 246 cm³/mol. The molecular formula is C46H71N5O20. The summed E-state index contributed by atoms with van der Waals surface area (Å²) in [5.74, 6) is -4.50. The molecule has 2 unspecified atom stereocenters. The molecule has 10 atom stereocenters. The maximum absolute atomic E-state index is 12.9. The van der Waals surface area contributed by atoms with Gasteiger partial charge in [-0.25, -0.2) is 0 Å². The van der Waals surface area contributed by atoms with Gasteiger partial charge in [0.15, 0.2) is 24.8 Å². The summed E-state index contributed by atoms with van der Waals surface area (Å²) >= 11 is 0. The Balaban J connectivity index is 1.32. The van der Waals surface area contributed by atoms with Crippen LogP contribution in [0.3, 0.4) is 0 Å². The summed E-state index contributed by atoms with van der Waals surface area (Å²) in [6, 6.07) is 2.48. The van der Waals surface area contributed by atoms with Crippen LogP contribution in [0.4, 0.5) is 5.69 Å². The van der Waals surface area contributed by atoms with E-state index >= 15 is 0 Å². The van der Waals surface area contributed by atoms with Crippen molar-refractivity contribution >= 4 is 53.2 Å².